The topological polar surface area (TPSA) is 40.7 Å². The predicted octanol–water partition coefficient (Wildman–Crippen LogP) is 1.39. The Bertz CT molecular complexity index is 229. The van der Waals surface area contributed by atoms with Gasteiger partial charge < -0.3 is 5.32 Å². The normalized spacial score (nSPS) is 19.1. The molecule has 1 aliphatic rings. The van der Waals surface area contributed by atoms with Crippen LogP contribution in [0.1, 0.15) is 18.5 Å². The molecule has 1 aliphatic heterocycles. The van der Waals surface area contributed by atoms with Crippen LogP contribution in [0.3, 0.4) is 0 Å². The third-order valence-electron chi connectivity index (χ3n) is 2.36. The van der Waals surface area contributed by atoms with Gasteiger partial charge in [0.2, 0.25) is 0 Å². The summed E-state index contributed by atoms with van der Waals surface area (Å²) >= 11 is 2.06. The standard InChI is InChI=1S/C9H15N3S/c1-4-11-12-9(1)7-10-8-2-5-13-6-3-8/h1,4,8,10H,2-3,5-7H2,(H,11,12). The number of nitrogens with zero attached hydrogens (tertiary/aromatic N) is 1. The third kappa shape index (κ3) is 2.74. The number of nitrogens with one attached hydrogen (secondary N) is 2. The van der Waals surface area contributed by atoms with Crippen LogP contribution in [0.5, 0.6) is 0 Å². The van der Waals surface area contributed by atoms with Gasteiger partial charge in [-0.2, -0.15) is 16.9 Å². The highest BCUT2D eigenvalue weighted by molar-refractivity contribution is 7.99. The highest BCUT2D eigenvalue weighted by Gasteiger charge is 2.12. The molecule has 1 fully saturated rings. The largest absolute Gasteiger partial charge is 0.308 e. The number of hydrogen-bond acceptors (Lipinski definition) is 3. The minimum Gasteiger partial charge on any atom is -0.308 e. The minimum atomic E-state index is 0.713. The van der Waals surface area contributed by atoms with Crippen molar-refractivity contribution in [3.63, 3.8) is 0 Å². The molecular weight excluding hydrogens is 182 g/mol. The zero-order valence-electron chi connectivity index (χ0n) is 7.62. The van der Waals surface area contributed by atoms with Gasteiger partial charge in [-0.15, -0.1) is 0 Å². The summed E-state index contributed by atoms with van der Waals surface area (Å²) < 4.78 is 0. The molecule has 0 amide bonds. The Balaban J connectivity index is 1.72. The first-order valence-corrected chi connectivity index (χ1v) is 5.90. The van der Waals surface area contributed by atoms with E-state index in [1.165, 1.54) is 30.0 Å². The van der Waals surface area contributed by atoms with Crippen molar-refractivity contribution in [3.05, 3.63) is 18.0 Å². The van der Waals surface area contributed by atoms with E-state index in [1.54, 1.807) is 6.20 Å². The molecule has 0 aromatic carbocycles. The van der Waals surface area contributed by atoms with E-state index < -0.39 is 0 Å². The van der Waals surface area contributed by atoms with E-state index in [2.05, 4.69) is 27.3 Å². The molecule has 2 N–H and O–H groups in total. The number of hydrogen-bond donors (Lipinski definition) is 2. The van der Waals surface area contributed by atoms with Crippen molar-refractivity contribution < 1.29 is 0 Å². The van der Waals surface area contributed by atoms with Gasteiger partial charge >= 0.3 is 0 Å². The van der Waals surface area contributed by atoms with Gasteiger partial charge in [-0.25, -0.2) is 0 Å². The lowest BCUT2D eigenvalue weighted by molar-refractivity contribution is 0.478. The van der Waals surface area contributed by atoms with Gasteiger partial charge in [0.15, 0.2) is 0 Å². The molecule has 0 unspecified atom stereocenters. The molecule has 0 spiro atoms. The van der Waals surface area contributed by atoms with Gasteiger partial charge in [-0.3, -0.25) is 5.10 Å². The third-order valence-corrected chi connectivity index (χ3v) is 3.41. The lowest BCUT2D eigenvalue weighted by atomic mass is 10.1. The second kappa shape index (κ2) is 4.67. The van der Waals surface area contributed by atoms with Gasteiger partial charge in [-0.05, 0) is 30.4 Å². The lowest BCUT2D eigenvalue weighted by Crippen LogP contribution is -2.32. The maximum absolute atomic E-state index is 3.92. The first-order chi connectivity index (χ1) is 6.45. The maximum atomic E-state index is 3.92. The highest BCUT2D eigenvalue weighted by Crippen LogP contribution is 2.16. The molecule has 3 nitrogen and oxygen atoms in total. The first-order valence-electron chi connectivity index (χ1n) is 4.74. The number of rotatable bonds is 3. The van der Waals surface area contributed by atoms with Crippen LogP contribution in [0.15, 0.2) is 12.3 Å². The Morgan fingerprint density at radius 1 is 1.54 bits per heavy atom. The van der Waals surface area contributed by atoms with E-state index in [0.29, 0.717) is 6.04 Å². The second-order valence-corrected chi connectivity index (χ2v) is 4.57. The number of aromatic nitrogens is 2. The van der Waals surface area contributed by atoms with E-state index in [4.69, 9.17) is 0 Å². The van der Waals surface area contributed by atoms with Gasteiger partial charge in [-0.1, -0.05) is 0 Å². The smallest absolute Gasteiger partial charge is 0.0490 e. The second-order valence-electron chi connectivity index (χ2n) is 3.35. The van der Waals surface area contributed by atoms with E-state index in [0.717, 1.165) is 6.54 Å². The van der Waals surface area contributed by atoms with Crippen LogP contribution in [0, 0.1) is 0 Å². The predicted molar refractivity (Wildman–Crippen MR) is 55.8 cm³/mol. The Morgan fingerprint density at radius 2 is 2.38 bits per heavy atom. The van der Waals surface area contributed by atoms with Gasteiger partial charge in [0, 0.05) is 24.5 Å². The monoisotopic (exact) mass is 197 g/mol. The summed E-state index contributed by atoms with van der Waals surface area (Å²) in [5.74, 6) is 2.61. The highest BCUT2D eigenvalue weighted by atomic mass is 32.2. The fraction of sp³-hybridized carbons (Fsp3) is 0.667. The SMILES string of the molecule is c1cc(CNC2CCSCC2)[nH]n1. The Labute approximate surface area is 82.7 Å². The summed E-state index contributed by atoms with van der Waals surface area (Å²) in [7, 11) is 0. The average molecular weight is 197 g/mol. The van der Waals surface area contributed by atoms with Gasteiger partial charge in [0.1, 0.15) is 0 Å². The number of aromatic amines is 1. The molecular formula is C9H15N3S. The number of H-pyrrole nitrogens is 1. The molecule has 0 radical (unpaired) electrons. The van der Waals surface area contributed by atoms with Crippen molar-refractivity contribution in [1.29, 1.82) is 0 Å². The average Bonchev–Trinajstić information content (AvgIpc) is 2.69. The van der Waals surface area contributed by atoms with E-state index in [-0.39, 0.29) is 0 Å². The Hall–Kier alpha value is -0.480. The summed E-state index contributed by atoms with van der Waals surface area (Å²) in [6.07, 6.45) is 4.41. The molecule has 0 saturated carbocycles. The van der Waals surface area contributed by atoms with Gasteiger partial charge in [0.05, 0.1) is 0 Å². The Kier molecular flexibility index (Phi) is 3.27. The van der Waals surface area contributed by atoms with Crippen LogP contribution in [0.4, 0.5) is 0 Å². The molecule has 2 rings (SSSR count). The fourth-order valence-corrected chi connectivity index (χ4v) is 2.65. The van der Waals surface area contributed by atoms with Crippen molar-refractivity contribution in [2.75, 3.05) is 11.5 Å². The molecule has 72 valence electrons. The molecule has 1 saturated heterocycles. The fourth-order valence-electron chi connectivity index (χ4n) is 1.54. The van der Waals surface area contributed by atoms with Crippen LogP contribution in [0.25, 0.3) is 0 Å². The summed E-state index contributed by atoms with van der Waals surface area (Å²) in [5, 5.41) is 10.4. The first kappa shape index (κ1) is 9.09. The Morgan fingerprint density at radius 3 is 3.08 bits per heavy atom. The summed E-state index contributed by atoms with van der Waals surface area (Å²) in [5.41, 5.74) is 1.18. The van der Waals surface area contributed by atoms with Crippen LogP contribution in [-0.4, -0.2) is 27.7 Å². The van der Waals surface area contributed by atoms with Crippen LogP contribution in [-0.2, 0) is 6.54 Å². The lowest BCUT2D eigenvalue weighted by Gasteiger charge is -2.22. The molecule has 13 heavy (non-hydrogen) atoms. The van der Waals surface area contributed by atoms with E-state index in [1.807, 2.05) is 6.07 Å². The summed E-state index contributed by atoms with van der Waals surface area (Å²) in [6, 6.07) is 2.73. The van der Waals surface area contributed by atoms with Crippen LogP contribution >= 0.6 is 11.8 Å². The van der Waals surface area contributed by atoms with E-state index in [9.17, 15) is 0 Å². The van der Waals surface area contributed by atoms with Crippen LogP contribution < -0.4 is 5.32 Å². The summed E-state index contributed by atoms with van der Waals surface area (Å²) in [4.78, 5) is 0. The van der Waals surface area contributed by atoms with Crippen LogP contribution in [0.2, 0.25) is 0 Å². The molecule has 0 atom stereocenters. The molecule has 2 heterocycles. The zero-order valence-corrected chi connectivity index (χ0v) is 8.44. The summed E-state index contributed by atoms with van der Waals surface area (Å²) in [6.45, 7) is 0.926. The molecule has 0 aliphatic carbocycles. The van der Waals surface area contributed by atoms with Crippen molar-refractivity contribution in [3.8, 4) is 0 Å². The van der Waals surface area contributed by atoms with Crippen molar-refractivity contribution in [2.24, 2.45) is 0 Å². The quantitative estimate of drug-likeness (QED) is 0.769. The molecule has 1 aromatic rings. The van der Waals surface area contributed by atoms with Crippen molar-refractivity contribution in [2.45, 2.75) is 25.4 Å². The maximum Gasteiger partial charge on any atom is 0.0490 e. The molecule has 1 aromatic heterocycles. The zero-order chi connectivity index (χ0) is 8.93. The van der Waals surface area contributed by atoms with Crippen molar-refractivity contribution >= 4 is 11.8 Å². The number of thioether (sulfide) groups is 1. The molecule has 4 heteroatoms. The van der Waals surface area contributed by atoms with E-state index >= 15 is 0 Å². The minimum absolute atomic E-state index is 0.713. The van der Waals surface area contributed by atoms with Crippen molar-refractivity contribution in [1.82, 2.24) is 15.5 Å². The molecule has 0 bridgehead atoms. The van der Waals surface area contributed by atoms with Gasteiger partial charge in [0.25, 0.3) is 0 Å².